The molecule has 0 unspecified atom stereocenters. The number of nitrogens with zero attached hydrogens (tertiary/aromatic N) is 1. The monoisotopic (exact) mass is 314 g/mol. The van der Waals surface area contributed by atoms with E-state index in [1.54, 1.807) is 36.4 Å². The van der Waals surface area contributed by atoms with Crippen molar-refractivity contribution in [3.63, 3.8) is 0 Å². The molecule has 22 heavy (non-hydrogen) atoms. The Hall–Kier alpha value is -2.79. The number of carbonyl (C=O) groups excluding carboxylic acids is 2. The van der Waals surface area contributed by atoms with E-state index in [1.165, 1.54) is 23.2 Å². The van der Waals surface area contributed by atoms with Crippen LogP contribution < -0.4 is 10.4 Å². The largest absolute Gasteiger partial charge is 0.508 e. The molecule has 1 saturated heterocycles. The third kappa shape index (κ3) is 2.66. The molecule has 6 heteroatoms. The Morgan fingerprint density at radius 3 is 2.27 bits per heavy atom. The van der Waals surface area contributed by atoms with Gasteiger partial charge in [-0.2, -0.15) is 0 Å². The summed E-state index contributed by atoms with van der Waals surface area (Å²) in [5.41, 5.74) is 3.71. The Morgan fingerprint density at radius 1 is 1.00 bits per heavy atom. The average Bonchev–Trinajstić information content (AvgIpc) is 2.78. The van der Waals surface area contributed by atoms with Crippen LogP contribution in [-0.4, -0.2) is 16.9 Å². The highest BCUT2D eigenvalue weighted by molar-refractivity contribution is 6.32. The summed E-state index contributed by atoms with van der Waals surface area (Å²) in [7, 11) is 0. The van der Waals surface area contributed by atoms with Crippen molar-refractivity contribution in [1.29, 1.82) is 0 Å². The number of anilines is 1. The van der Waals surface area contributed by atoms with Crippen LogP contribution in [0.3, 0.4) is 0 Å². The Balaban J connectivity index is 1.91. The van der Waals surface area contributed by atoms with Crippen molar-refractivity contribution in [3.05, 3.63) is 64.7 Å². The van der Waals surface area contributed by atoms with Gasteiger partial charge in [-0.3, -0.25) is 15.0 Å². The lowest BCUT2D eigenvalue weighted by atomic mass is 10.1. The maximum atomic E-state index is 12.4. The minimum atomic E-state index is -0.479. The first-order valence-electron chi connectivity index (χ1n) is 6.46. The SMILES string of the molecule is O=C1NN(c2ccc(Cl)cc2)C(=O)/C1=C\c1ccc(O)cc1. The van der Waals surface area contributed by atoms with E-state index in [2.05, 4.69) is 5.43 Å². The van der Waals surface area contributed by atoms with Gasteiger partial charge in [-0.05, 0) is 48.0 Å². The van der Waals surface area contributed by atoms with Crippen molar-refractivity contribution in [2.75, 3.05) is 5.01 Å². The minimum absolute atomic E-state index is 0.0284. The molecule has 0 spiro atoms. The lowest BCUT2D eigenvalue weighted by Gasteiger charge is -2.14. The van der Waals surface area contributed by atoms with Crippen LogP contribution in [0.15, 0.2) is 54.1 Å². The number of carbonyl (C=O) groups is 2. The fourth-order valence-electron chi connectivity index (χ4n) is 2.07. The standard InChI is InChI=1S/C16H11ClN2O3/c17-11-3-5-12(6-4-11)19-16(22)14(15(21)18-19)9-10-1-7-13(20)8-2-10/h1-9,20H,(H,18,21)/b14-9-. The highest BCUT2D eigenvalue weighted by Gasteiger charge is 2.34. The summed E-state index contributed by atoms with van der Waals surface area (Å²) in [5, 5.41) is 11.0. The number of benzene rings is 2. The number of hydrazine groups is 1. The maximum absolute atomic E-state index is 12.4. The number of rotatable bonds is 2. The molecule has 0 saturated carbocycles. The molecule has 2 aromatic rings. The first-order chi connectivity index (χ1) is 10.5. The summed E-state index contributed by atoms with van der Waals surface area (Å²) in [5.74, 6) is -0.805. The second kappa shape index (κ2) is 5.54. The van der Waals surface area contributed by atoms with E-state index >= 15 is 0 Å². The minimum Gasteiger partial charge on any atom is -0.508 e. The summed E-state index contributed by atoms with van der Waals surface area (Å²) in [6.07, 6.45) is 1.48. The van der Waals surface area contributed by atoms with E-state index in [9.17, 15) is 14.7 Å². The van der Waals surface area contributed by atoms with Crippen LogP contribution in [0.25, 0.3) is 6.08 Å². The van der Waals surface area contributed by atoms with Crippen molar-refractivity contribution < 1.29 is 14.7 Å². The van der Waals surface area contributed by atoms with Gasteiger partial charge in [0, 0.05) is 5.02 Å². The van der Waals surface area contributed by atoms with Gasteiger partial charge in [-0.25, -0.2) is 5.01 Å². The van der Waals surface area contributed by atoms with E-state index < -0.39 is 11.8 Å². The Kier molecular flexibility index (Phi) is 3.56. The number of nitrogens with one attached hydrogen (secondary N) is 1. The van der Waals surface area contributed by atoms with Crippen molar-refractivity contribution in [2.24, 2.45) is 0 Å². The highest BCUT2D eigenvalue weighted by atomic mass is 35.5. The number of aromatic hydroxyl groups is 1. The molecule has 0 aromatic heterocycles. The number of hydrogen-bond acceptors (Lipinski definition) is 3. The highest BCUT2D eigenvalue weighted by Crippen LogP contribution is 2.23. The molecular weight excluding hydrogens is 304 g/mol. The first kappa shape index (κ1) is 14.2. The van der Waals surface area contributed by atoms with E-state index in [-0.39, 0.29) is 11.3 Å². The number of halogens is 1. The van der Waals surface area contributed by atoms with Crippen LogP contribution in [-0.2, 0) is 9.59 Å². The van der Waals surface area contributed by atoms with Crippen molar-refractivity contribution in [2.45, 2.75) is 0 Å². The Bertz CT molecular complexity index is 767. The van der Waals surface area contributed by atoms with Crippen molar-refractivity contribution in [1.82, 2.24) is 5.43 Å². The van der Waals surface area contributed by atoms with Crippen LogP contribution in [0.5, 0.6) is 5.75 Å². The van der Waals surface area contributed by atoms with Crippen LogP contribution in [0.4, 0.5) is 5.69 Å². The van der Waals surface area contributed by atoms with Gasteiger partial charge in [0.1, 0.15) is 11.3 Å². The lowest BCUT2D eigenvalue weighted by Crippen LogP contribution is -2.35. The molecule has 1 fully saturated rings. The van der Waals surface area contributed by atoms with Crippen LogP contribution in [0, 0.1) is 0 Å². The topological polar surface area (TPSA) is 69.6 Å². The van der Waals surface area contributed by atoms with Gasteiger partial charge in [0.2, 0.25) is 0 Å². The van der Waals surface area contributed by atoms with E-state index in [1.807, 2.05) is 0 Å². The van der Waals surface area contributed by atoms with Crippen LogP contribution in [0.2, 0.25) is 5.02 Å². The summed E-state index contributed by atoms with van der Waals surface area (Å²) in [4.78, 5) is 24.4. The van der Waals surface area contributed by atoms with Crippen molar-refractivity contribution >= 4 is 35.2 Å². The van der Waals surface area contributed by atoms with E-state index in [4.69, 9.17) is 11.6 Å². The molecule has 0 aliphatic carbocycles. The van der Waals surface area contributed by atoms with Gasteiger partial charge in [0.05, 0.1) is 5.69 Å². The predicted octanol–water partition coefficient (Wildman–Crippen LogP) is 2.51. The third-order valence-electron chi connectivity index (χ3n) is 3.18. The zero-order valence-corrected chi connectivity index (χ0v) is 12.0. The average molecular weight is 315 g/mol. The molecular formula is C16H11ClN2O3. The zero-order valence-electron chi connectivity index (χ0n) is 11.3. The third-order valence-corrected chi connectivity index (χ3v) is 3.43. The lowest BCUT2D eigenvalue weighted by molar-refractivity contribution is -0.117. The first-order valence-corrected chi connectivity index (χ1v) is 6.84. The number of phenols is 1. The molecule has 5 nitrogen and oxygen atoms in total. The predicted molar refractivity (Wildman–Crippen MR) is 83.2 cm³/mol. The van der Waals surface area contributed by atoms with Gasteiger partial charge in [0.15, 0.2) is 0 Å². The Morgan fingerprint density at radius 2 is 1.64 bits per heavy atom. The Labute approximate surface area is 131 Å². The fourth-order valence-corrected chi connectivity index (χ4v) is 2.19. The summed E-state index contributed by atoms with van der Waals surface area (Å²) >= 11 is 5.81. The van der Waals surface area contributed by atoms with E-state index in [0.717, 1.165) is 0 Å². The van der Waals surface area contributed by atoms with Crippen LogP contribution in [0.1, 0.15) is 5.56 Å². The quantitative estimate of drug-likeness (QED) is 0.661. The number of hydrogen-bond donors (Lipinski definition) is 2. The second-order valence-corrected chi connectivity index (χ2v) is 5.14. The molecule has 0 radical (unpaired) electrons. The fraction of sp³-hybridized carbons (Fsp3) is 0. The second-order valence-electron chi connectivity index (χ2n) is 4.71. The molecule has 3 rings (SSSR count). The van der Waals surface area contributed by atoms with Crippen LogP contribution >= 0.6 is 11.6 Å². The normalized spacial score (nSPS) is 16.2. The molecule has 1 heterocycles. The van der Waals surface area contributed by atoms with Crippen molar-refractivity contribution in [3.8, 4) is 5.75 Å². The van der Waals surface area contributed by atoms with Gasteiger partial charge in [0.25, 0.3) is 11.8 Å². The van der Waals surface area contributed by atoms with Gasteiger partial charge in [-0.1, -0.05) is 23.7 Å². The summed E-state index contributed by atoms with van der Waals surface area (Å²) in [6, 6.07) is 12.8. The molecule has 1 aliphatic heterocycles. The molecule has 0 bridgehead atoms. The number of amides is 2. The van der Waals surface area contributed by atoms with Gasteiger partial charge in [-0.15, -0.1) is 0 Å². The molecule has 2 aromatic carbocycles. The molecule has 0 atom stereocenters. The summed E-state index contributed by atoms with van der Waals surface area (Å²) in [6.45, 7) is 0. The van der Waals surface area contributed by atoms with E-state index in [0.29, 0.717) is 16.3 Å². The maximum Gasteiger partial charge on any atom is 0.282 e. The molecule has 2 N–H and O–H groups in total. The zero-order chi connectivity index (χ0) is 15.7. The van der Waals surface area contributed by atoms with Gasteiger partial charge < -0.3 is 5.11 Å². The molecule has 110 valence electrons. The molecule has 2 amide bonds. The number of phenolic OH excluding ortho intramolecular Hbond substituents is 1. The summed E-state index contributed by atoms with van der Waals surface area (Å²) < 4.78 is 0. The molecule has 1 aliphatic rings. The smallest absolute Gasteiger partial charge is 0.282 e. The van der Waals surface area contributed by atoms with Gasteiger partial charge >= 0.3 is 0 Å².